The summed E-state index contributed by atoms with van der Waals surface area (Å²) in [7, 11) is 0. The summed E-state index contributed by atoms with van der Waals surface area (Å²) in [6.45, 7) is 3.43. The van der Waals surface area contributed by atoms with E-state index in [0.29, 0.717) is 22.8 Å². The maximum atomic E-state index is 14.0. The zero-order chi connectivity index (χ0) is 23.8. The Morgan fingerprint density at radius 3 is 2.56 bits per heavy atom. The molecular formula is C27H21F2N3O2. The van der Waals surface area contributed by atoms with E-state index >= 15 is 0 Å². The molecular weight excluding hydrogens is 436 g/mol. The highest BCUT2D eigenvalue weighted by atomic mass is 19.1. The van der Waals surface area contributed by atoms with Crippen LogP contribution < -0.4 is 4.74 Å². The first-order chi connectivity index (χ1) is 16.4. The SMILES string of the molecule is Cc1ccc2cccnc2c1CC(=O)c1c(C)nc2c(OCc3c(F)cccc3F)cccn12. The van der Waals surface area contributed by atoms with Gasteiger partial charge < -0.3 is 4.74 Å². The van der Waals surface area contributed by atoms with E-state index in [1.807, 2.05) is 31.2 Å². The molecule has 0 aliphatic rings. The number of ketones is 1. The lowest BCUT2D eigenvalue weighted by Crippen LogP contribution is -2.10. The monoisotopic (exact) mass is 457 g/mol. The van der Waals surface area contributed by atoms with Crippen molar-refractivity contribution in [1.29, 1.82) is 0 Å². The van der Waals surface area contributed by atoms with E-state index < -0.39 is 11.6 Å². The Morgan fingerprint density at radius 2 is 1.76 bits per heavy atom. The van der Waals surface area contributed by atoms with Gasteiger partial charge in [0, 0.05) is 24.2 Å². The molecule has 0 spiro atoms. The molecule has 0 atom stereocenters. The molecule has 0 N–H and O–H groups in total. The van der Waals surface area contributed by atoms with Crippen molar-refractivity contribution in [3.05, 3.63) is 107 Å². The molecule has 7 heteroatoms. The summed E-state index contributed by atoms with van der Waals surface area (Å²) in [6, 6.07) is 14.9. The van der Waals surface area contributed by atoms with Crippen LogP contribution in [0.15, 0.2) is 67.0 Å². The van der Waals surface area contributed by atoms with Crippen LogP contribution in [0.3, 0.4) is 0 Å². The number of rotatable bonds is 6. The molecule has 0 aliphatic carbocycles. The van der Waals surface area contributed by atoms with Gasteiger partial charge in [0.2, 0.25) is 0 Å². The number of carbonyl (C=O) groups excluding carboxylic acids is 1. The molecule has 5 nitrogen and oxygen atoms in total. The van der Waals surface area contributed by atoms with Gasteiger partial charge in [-0.15, -0.1) is 0 Å². The number of aromatic nitrogens is 3. The molecule has 0 unspecified atom stereocenters. The van der Waals surface area contributed by atoms with E-state index in [-0.39, 0.29) is 24.4 Å². The molecule has 0 bridgehead atoms. The van der Waals surface area contributed by atoms with Crippen LogP contribution in [0.5, 0.6) is 5.75 Å². The molecule has 0 saturated heterocycles. The topological polar surface area (TPSA) is 56.5 Å². The minimum absolute atomic E-state index is 0.108. The Morgan fingerprint density at radius 1 is 0.971 bits per heavy atom. The summed E-state index contributed by atoms with van der Waals surface area (Å²) < 4.78 is 35.4. The maximum absolute atomic E-state index is 14.0. The molecule has 5 aromatic rings. The van der Waals surface area contributed by atoms with Gasteiger partial charge in [0.1, 0.15) is 23.9 Å². The van der Waals surface area contributed by atoms with Gasteiger partial charge in [0.15, 0.2) is 17.2 Å². The first-order valence-electron chi connectivity index (χ1n) is 10.8. The van der Waals surface area contributed by atoms with Crippen molar-refractivity contribution >= 4 is 22.3 Å². The first kappa shape index (κ1) is 21.7. The fraction of sp³-hybridized carbons (Fsp3) is 0.148. The predicted octanol–water partition coefficient (Wildman–Crippen LogP) is 5.78. The van der Waals surface area contributed by atoms with Gasteiger partial charge in [-0.3, -0.25) is 14.2 Å². The molecule has 0 amide bonds. The van der Waals surface area contributed by atoms with Crippen LogP contribution in [0.4, 0.5) is 8.78 Å². The number of carbonyl (C=O) groups is 1. The standard InChI is InChI=1S/C27H21F2N3O2/c1-16-10-11-18-6-4-12-30-25(18)19(16)14-23(33)26-17(2)31-27-24(9-5-13-32(26)27)34-15-20-21(28)7-3-8-22(20)29/h3-13H,14-15H2,1-2H3. The van der Waals surface area contributed by atoms with Gasteiger partial charge in [-0.05, 0) is 55.3 Å². The lowest BCUT2D eigenvalue weighted by Gasteiger charge is -2.11. The fourth-order valence-electron chi connectivity index (χ4n) is 4.20. The maximum Gasteiger partial charge on any atom is 0.185 e. The van der Waals surface area contributed by atoms with Crippen molar-refractivity contribution < 1.29 is 18.3 Å². The third-order valence-electron chi connectivity index (χ3n) is 5.94. The predicted molar refractivity (Wildman–Crippen MR) is 125 cm³/mol. The van der Waals surface area contributed by atoms with Crippen molar-refractivity contribution in [1.82, 2.24) is 14.4 Å². The van der Waals surface area contributed by atoms with Crippen LogP contribution in [0.25, 0.3) is 16.6 Å². The van der Waals surface area contributed by atoms with Crippen LogP contribution in [0.1, 0.15) is 32.9 Å². The molecule has 3 heterocycles. The molecule has 0 aliphatic heterocycles. The average molecular weight is 457 g/mol. The van der Waals surface area contributed by atoms with E-state index in [1.165, 1.54) is 18.2 Å². The van der Waals surface area contributed by atoms with E-state index in [0.717, 1.165) is 22.0 Å². The number of halogens is 2. The van der Waals surface area contributed by atoms with E-state index in [9.17, 15) is 13.6 Å². The second kappa shape index (κ2) is 8.67. The molecule has 5 rings (SSSR count). The fourth-order valence-corrected chi connectivity index (χ4v) is 4.20. The zero-order valence-corrected chi connectivity index (χ0v) is 18.7. The summed E-state index contributed by atoms with van der Waals surface area (Å²) in [4.78, 5) is 22.5. The van der Waals surface area contributed by atoms with Crippen molar-refractivity contribution in [2.24, 2.45) is 0 Å². The highest BCUT2D eigenvalue weighted by molar-refractivity contribution is 6.00. The van der Waals surface area contributed by atoms with Crippen molar-refractivity contribution in [2.75, 3.05) is 0 Å². The van der Waals surface area contributed by atoms with Gasteiger partial charge in [0.05, 0.1) is 16.8 Å². The highest BCUT2D eigenvalue weighted by Crippen LogP contribution is 2.27. The molecule has 0 saturated carbocycles. The first-order valence-corrected chi connectivity index (χ1v) is 10.8. The minimum Gasteiger partial charge on any atom is -0.485 e. The second-order valence-corrected chi connectivity index (χ2v) is 8.14. The number of hydrogen-bond donors (Lipinski definition) is 0. The molecule has 34 heavy (non-hydrogen) atoms. The number of ether oxygens (including phenoxy) is 1. The van der Waals surface area contributed by atoms with Crippen molar-refractivity contribution in [3.63, 3.8) is 0 Å². The van der Waals surface area contributed by atoms with Gasteiger partial charge in [-0.1, -0.05) is 24.3 Å². The Hall–Kier alpha value is -4.13. The summed E-state index contributed by atoms with van der Waals surface area (Å²) >= 11 is 0. The average Bonchev–Trinajstić information content (AvgIpc) is 3.17. The van der Waals surface area contributed by atoms with Crippen molar-refractivity contribution in [2.45, 2.75) is 26.9 Å². The number of fused-ring (bicyclic) bond motifs is 2. The quantitative estimate of drug-likeness (QED) is 0.303. The number of hydrogen-bond acceptors (Lipinski definition) is 4. The number of Topliss-reactive ketones (excluding diaryl/α,β-unsaturated/α-hetero) is 1. The molecule has 2 aromatic carbocycles. The molecule has 0 fully saturated rings. The van der Waals surface area contributed by atoms with Crippen LogP contribution in [-0.2, 0) is 13.0 Å². The molecule has 3 aromatic heterocycles. The van der Waals surface area contributed by atoms with E-state index in [4.69, 9.17) is 4.74 Å². The van der Waals surface area contributed by atoms with Crippen LogP contribution in [0.2, 0.25) is 0 Å². The van der Waals surface area contributed by atoms with Gasteiger partial charge in [-0.2, -0.15) is 0 Å². The van der Waals surface area contributed by atoms with Gasteiger partial charge >= 0.3 is 0 Å². The van der Waals surface area contributed by atoms with Gasteiger partial charge in [0.25, 0.3) is 0 Å². The minimum atomic E-state index is -0.679. The summed E-state index contributed by atoms with van der Waals surface area (Å²) in [5.41, 5.74) is 3.89. The second-order valence-electron chi connectivity index (χ2n) is 8.14. The lowest BCUT2D eigenvalue weighted by atomic mass is 9.98. The summed E-state index contributed by atoms with van der Waals surface area (Å²) in [6.07, 6.45) is 3.62. The normalized spacial score (nSPS) is 11.3. The number of pyridine rings is 2. The Bertz CT molecular complexity index is 1540. The Labute approximate surface area is 194 Å². The number of aryl methyl sites for hydroxylation is 2. The number of benzene rings is 2. The largest absolute Gasteiger partial charge is 0.485 e. The Kier molecular flexibility index (Phi) is 5.53. The third kappa shape index (κ3) is 3.79. The zero-order valence-electron chi connectivity index (χ0n) is 18.7. The smallest absolute Gasteiger partial charge is 0.185 e. The number of imidazole rings is 1. The lowest BCUT2D eigenvalue weighted by molar-refractivity contribution is 0.0987. The Balaban J connectivity index is 1.49. The van der Waals surface area contributed by atoms with Crippen LogP contribution in [0, 0.1) is 25.5 Å². The van der Waals surface area contributed by atoms with E-state index in [1.54, 1.807) is 35.9 Å². The van der Waals surface area contributed by atoms with Crippen molar-refractivity contribution in [3.8, 4) is 5.75 Å². The summed E-state index contributed by atoms with van der Waals surface area (Å²) in [5.74, 6) is -1.14. The highest BCUT2D eigenvalue weighted by Gasteiger charge is 2.21. The van der Waals surface area contributed by atoms with Crippen LogP contribution >= 0.6 is 0 Å². The van der Waals surface area contributed by atoms with Crippen LogP contribution in [-0.4, -0.2) is 20.2 Å². The number of nitrogens with zero attached hydrogens (tertiary/aromatic N) is 3. The van der Waals surface area contributed by atoms with E-state index in [2.05, 4.69) is 9.97 Å². The van der Waals surface area contributed by atoms with Gasteiger partial charge in [-0.25, -0.2) is 13.8 Å². The summed E-state index contributed by atoms with van der Waals surface area (Å²) in [5, 5.41) is 0.974. The molecule has 0 radical (unpaired) electrons. The molecule has 170 valence electrons. The third-order valence-corrected chi connectivity index (χ3v) is 5.94.